The van der Waals surface area contributed by atoms with Gasteiger partial charge in [-0.3, -0.25) is 0 Å². The third-order valence-corrected chi connectivity index (χ3v) is 6.81. The molecule has 0 bridgehead atoms. The topological polar surface area (TPSA) is 38.9 Å². The Kier molecular flexibility index (Phi) is 4.96. The van der Waals surface area contributed by atoms with Crippen LogP contribution in [-0.2, 0) is 0 Å². The van der Waals surface area contributed by atoms with Crippen LogP contribution in [0.1, 0.15) is 45.7 Å². The summed E-state index contributed by atoms with van der Waals surface area (Å²) in [5, 5.41) is 2.79. The molecule has 1 aromatic rings. The lowest BCUT2D eigenvalue weighted by Gasteiger charge is -2.41. The molecule has 1 fully saturated rings. The number of hydrogen-bond donors (Lipinski definition) is 1. The van der Waals surface area contributed by atoms with Crippen molar-refractivity contribution in [2.24, 2.45) is 23.0 Å². The molecule has 0 aliphatic heterocycles. The first kappa shape index (κ1) is 15.3. The second-order valence-electron chi connectivity index (χ2n) is 6.78. The first-order valence-electron chi connectivity index (χ1n) is 7.19. The predicted molar refractivity (Wildman–Crippen MR) is 85.8 cm³/mol. The van der Waals surface area contributed by atoms with Crippen molar-refractivity contribution in [3.8, 4) is 0 Å². The van der Waals surface area contributed by atoms with Crippen LogP contribution in [-0.4, -0.2) is 16.8 Å². The normalized spacial score (nSPS) is 28.6. The molecule has 1 heterocycles. The Labute approximate surface area is 125 Å². The lowest BCUT2D eigenvalue weighted by molar-refractivity contribution is 0.157. The fourth-order valence-corrected chi connectivity index (χ4v) is 5.39. The lowest BCUT2D eigenvalue weighted by Crippen LogP contribution is -2.36. The van der Waals surface area contributed by atoms with Crippen LogP contribution in [0, 0.1) is 24.2 Å². The second kappa shape index (κ2) is 6.15. The monoisotopic (exact) mass is 298 g/mol. The summed E-state index contributed by atoms with van der Waals surface area (Å²) in [6, 6.07) is 0. The zero-order valence-electron chi connectivity index (χ0n) is 12.5. The van der Waals surface area contributed by atoms with Gasteiger partial charge in [0.25, 0.3) is 0 Å². The van der Waals surface area contributed by atoms with E-state index in [1.54, 1.807) is 11.3 Å². The van der Waals surface area contributed by atoms with E-state index in [0.29, 0.717) is 16.6 Å². The maximum absolute atomic E-state index is 5.98. The van der Waals surface area contributed by atoms with E-state index in [0.717, 1.165) is 18.2 Å². The Morgan fingerprint density at radius 2 is 2.16 bits per heavy atom. The van der Waals surface area contributed by atoms with Crippen molar-refractivity contribution >= 4 is 23.1 Å². The predicted octanol–water partition coefficient (Wildman–Crippen LogP) is 4.33. The molecule has 0 radical (unpaired) electrons. The molecular formula is C15H26N2S2. The van der Waals surface area contributed by atoms with Crippen molar-refractivity contribution < 1.29 is 0 Å². The average Bonchev–Trinajstić information content (AvgIpc) is 2.73. The molecule has 0 aromatic carbocycles. The molecule has 0 spiro atoms. The Bertz CT molecular complexity index is 409. The molecule has 2 nitrogen and oxygen atoms in total. The standard InChI is InChI=1S/C15H26N2S2/c1-10-9-18-14(17-10)19-13-7-12(15(2,3)4)6-5-11(13)8-16/h9,11-13H,5-8,16H2,1-4H3. The van der Waals surface area contributed by atoms with Gasteiger partial charge in [0.15, 0.2) is 0 Å². The van der Waals surface area contributed by atoms with Crippen molar-refractivity contribution in [3.63, 3.8) is 0 Å². The fraction of sp³-hybridized carbons (Fsp3) is 0.800. The summed E-state index contributed by atoms with van der Waals surface area (Å²) in [5.41, 5.74) is 7.53. The molecule has 19 heavy (non-hydrogen) atoms. The summed E-state index contributed by atoms with van der Waals surface area (Å²) in [5.74, 6) is 1.47. The smallest absolute Gasteiger partial charge is 0.150 e. The molecule has 1 aromatic heterocycles. The number of nitrogens with two attached hydrogens (primary N) is 1. The minimum Gasteiger partial charge on any atom is -0.330 e. The molecule has 3 unspecified atom stereocenters. The fourth-order valence-electron chi connectivity index (χ4n) is 2.91. The van der Waals surface area contributed by atoms with Gasteiger partial charge in [0.1, 0.15) is 4.34 Å². The van der Waals surface area contributed by atoms with Crippen molar-refractivity contribution in [2.75, 3.05) is 6.54 Å². The highest BCUT2D eigenvalue weighted by atomic mass is 32.2. The quantitative estimate of drug-likeness (QED) is 0.902. The number of thiazole rings is 1. The Morgan fingerprint density at radius 1 is 1.42 bits per heavy atom. The van der Waals surface area contributed by atoms with E-state index in [9.17, 15) is 0 Å². The summed E-state index contributed by atoms with van der Waals surface area (Å²) < 4.78 is 1.22. The van der Waals surface area contributed by atoms with Gasteiger partial charge >= 0.3 is 0 Å². The molecule has 0 saturated heterocycles. The highest BCUT2D eigenvalue weighted by Gasteiger charge is 2.36. The molecule has 0 amide bonds. The first-order valence-corrected chi connectivity index (χ1v) is 8.95. The summed E-state index contributed by atoms with van der Waals surface area (Å²) in [4.78, 5) is 4.60. The van der Waals surface area contributed by atoms with E-state index >= 15 is 0 Å². The highest BCUT2D eigenvalue weighted by molar-refractivity contribution is 8.01. The summed E-state index contributed by atoms with van der Waals surface area (Å²) in [6.07, 6.45) is 3.90. The number of aromatic nitrogens is 1. The molecule has 108 valence electrons. The first-order chi connectivity index (χ1) is 8.90. The van der Waals surface area contributed by atoms with E-state index in [2.05, 4.69) is 38.1 Å². The maximum Gasteiger partial charge on any atom is 0.150 e. The van der Waals surface area contributed by atoms with E-state index < -0.39 is 0 Å². The molecule has 4 heteroatoms. The molecule has 1 aliphatic carbocycles. The van der Waals surface area contributed by atoms with Crippen LogP contribution in [0.3, 0.4) is 0 Å². The average molecular weight is 299 g/mol. The van der Waals surface area contributed by atoms with E-state index in [-0.39, 0.29) is 0 Å². The lowest BCUT2D eigenvalue weighted by atomic mass is 9.69. The number of hydrogen-bond acceptors (Lipinski definition) is 4. The van der Waals surface area contributed by atoms with Crippen molar-refractivity contribution in [1.29, 1.82) is 0 Å². The molecule has 2 rings (SSSR count). The van der Waals surface area contributed by atoms with Crippen LogP contribution in [0.4, 0.5) is 0 Å². The van der Waals surface area contributed by atoms with Crippen molar-refractivity contribution in [3.05, 3.63) is 11.1 Å². The zero-order chi connectivity index (χ0) is 14.0. The molecular weight excluding hydrogens is 272 g/mol. The number of thioether (sulfide) groups is 1. The van der Waals surface area contributed by atoms with Crippen LogP contribution < -0.4 is 5.73 Å². The molecule has 1 saturated carbocycles. The molecule has 1 aliphatic rings. The van der Waals surface area contributed by atoms with Gasteiger partial charge in [-0.2, -0.15) is 0 Å². The summed E-state index contributed by atoms with van der Waals surface area (Å²) >= 11 is 3.74. The third-order valence-electron chi connectivity index (χ3n) is 4.31. The number of rotatable bonds is 3. The van der Waals surface area contributed by atoms with E-state index in [4.69, 9.17) is 5.73 Å². The third kappa shape index (κ3) is 3.96. The van der Waals surface area contributed by atoms with Gasteiger partial charge in [-0.25, -0.2) is 4.98 Å². The van der Waals surface area contributed by atoms with Crippen molar-refractivity contribution in [2.45, 2.75) is 56.5 Å². The van der Waals surface area contributed by atoms with Crippen molar-refractivity contribution in [1.82, 2.24) is 4.98 Å². The van der Waals surface area contributed by atoms with Crippen LogP contribution in [0.2, 0.25) is 0 Å². The largest absolute Gasteiger partial charge is 0.330 e. The van der Waals surface area contributed by atoms with E-state index in [1.807, 2.05) is 11.8 Å². The van der Waals surface area contributed by atoms with Crippen LogP contribution in [0.25, 0.3) is 0 Å². The highest BCUT2D eigenvalue weighted by Crippen LogP contribution is 2.45. The molecule has 3 atom stereocenters. The van der Waals surface area contributed by atoms with Crippen LogP contribution >= 0.6 is 23.1 Å². The summed E-state index contributed by atoms with van der Waals surface area (Å²) in [7, 11) is 0. The van der Waals surface area contributed by atoms with Gasteiger partial charge in [0.05, 0.1) is 0 Å². The van der Waals surface area contributed by atoms with Gasteiger partial charge in [0, 0.05) is 16.3 Å². The molecule has 2 N–H and O–H groups in total. The minimum atomic E-state index is 0.414. The minimum absolute atomic E-state index is 0.414. The second-order valence-corrected chi connectivity index (χ2v) is 9.13. The van der Waals surface area contributed by atoms with Gasteiger partial charge < -0.3 is 5.73 Å². The van der Waals surface area contributed by atoms with Gasteiger partial charge in [-0.15, -0.1) is 11.3 Å². The number of nitrogens with zero attached hydrogens (tertiary/aromatic N) is 1. The Balaban J connectivity index is 2.05. The van der Waals surface area contributed by atoms with Gasteiger partial charge in [-0.1, -0.05) is 32.5 Å². The van der Waals surface area contributed by atoms with Gasteiger partial charge in [0.2, 0.25) is 0 Å². The zero-order valence-corrected chi connectivity index (χ0v) is 14.1. The number of aryl methyl sites for hydroxylation is 1. The SMILES string of the molecule is Cc1csc(SC2CC(C(C)(C)C)CCC2CN)n1. The Hall–Kier alpha value is -0.0600. The Morgan fingerprint density at radius 3 is 2.68 bits per heavy atom. The summed E-state index contributed by atoms with van der Waals surface area (Å²) in [6.45, 7) is 10.00. The van der Waals surface area contributed by atoms with Crippen LogP contribution in [0.5, 0.6) is 0 Å². The van der Waals surface area contributed by atoms with E-state index in [1.165, 1.54) is 23.6 Å². The van der Waals surface area contributed by atoms with Gasteiger partial charge in [-0.05, 0) is 50.0 Å². The maximum atomic E-state index is 5.98. The van der Waals surface area contributed by atoms with Crippen LogP contribution in [0.15, 0.2) is 9.72 Å².